The maximum atomic E-state index is 7.16. The lowest BCUT2D eigenvalue weighted by atomic mass is 10.5. The van der Waals surface area contributed by atoms with Crippen molar-refractivity contribution in [1.82, 2.24) is 0 Å². The van der Waals surface area contributed by atoms with E-state index in [1.165, 1.54) is 7.05 Å². The lowest BCUT2D eigenvalue weighted by molar-refractivity contribution is -0.875. The second-order valence-electron chi connectivity index (χ2n) is 1.77. The van der Waals surface area contributed by atoms with E-state index in [1.54, 1.807) is 0 Å². The molecule has 0 aliphatic heterocycles. The van der Waals surface area contributed by atoms with Gasteiger partial charge in [0.1, 0.15) is 13.1 Å². The van der Waals surface area contributed by atoms with Crippen LogP contribution in [0.3, 0.4) is 0 Å². The SMILES string of the molecule is [2H]C([2H])([2H])[N+](C)(CC[NH3+])C([2H])([2H])[2H]. The van der Waals surface area contributed by atoms with E-state index in [9.17, 15) is 0 Å². The van der Waals surface area contributed by atoms with Crippen molar-refractivity contribution in [2.24, 2.45) is 0 Å². The maximum absolute atomic E-state index is 7.16. The van der Waals surface area contributed by atoms with Gasteiger partial charge in [0, 0.05) is 0 Å². The number of hydrogen-bond acceptors (Lipinski definition) is 0. The molecule has 0 aromatic heterocycles. The van der Waals surface area contributed by atoms with Crippen LogP contribution in [-0.2, 0) is 0 Å². The highest BCUT2D eigenvalue weighted by molar-refractivity contribution is 4.17. The minimum Gasteiger partial charge on any atom is -0.353 e. The summed E-state index contributed by atoms with van der Waals surface area (Å²) in [6.07, 6.45) is 0. The Kier molecular flexibility index (Phi) is 0.557. The number of hydrogen-bond donors (Lipinski definition) is 1. The molecule has 7 heavy (non-hydrogen) atoms. The van der Waals surface area contributed by atoms with E-state index in [2.05, 4.69) is 5.73 Å². The van der Waals surface area contributed by atoms with Gasteiger partial charge in [0.2, 0.25) is 0 Å². The van der Waals surface area contributed by atoms with E-state index in [4.69, 9.17) is 8.22 Å². The van der Waals surface area contributed by atoms with Crippen molar-refractivity contribution in [3.63, 3.8) is 0 Å². The zero-order valence-electron chi connectivity index (χ0n) is 10.6. The molecule has 2 heteroatoms. The van der Waals surface area contributed by atoms with Gasteiger partial charge in [0.15, 0.2) is 0 Å². The molecule has 0 radical (unpaired) electrons. The fourth-order valence-corrected chi connectivity index (χ4v) is 0.316. The van der Waals surface area contributed by atoms with E-state index in [0.717, 1.165) is 0 Å². The zero-order valence-corrected chi connectivity index (χ0v) is 4.57. The molecule has 44 valence electrons. The van der Waals surface area contributed by atoms with Crippen molar-refractivity contribution < 1.29 is 18.4 Å². The van der Waals surface area contributed by atoms with Crippen molar-refractivity contribution in [3.05, 3.63) is 0 Å². The van der Waals surface area contributed by atoms with Crippen molar-refractivity contribution in [2.45, 2.75) is 0 Å². The van der Waals surface area contributed by atoms with Gasteiger partial charge in [0.25, 0.3) is 0 Å². The molecule has 2 nitrogen and oxygen atoms in total. The quantitative estimate of drug-likeness (QED) is 0.439. The van der Waals surface area contributed by atoms with E-state index in [-0.39, 0.29) is 13.1 Å². The molecule has 0 fully saturated rings. The summed E-state index contributed by atoms with van der Waals surface area (Å²) in [5.41, 5.74) is 3.48. The van der Waals surface area contributed by atoms with E-state index < -0.39 is 18.4 Å². The van der Waals surface area contributed by atoms with Crippen LogP contribution in [0.1, 0.15) is 8.22 Å². The Morgan fingerprint density at radius 3 is 2.43 bits per heavy atom. The summed E-state index contributed by atoms with van der Waals surface area (Å²) < 4.78 is 42.0. The first-order valence-corrected chi connectivity index (χ1v) is 2.21. The van der Waals surface area contributed by atoms with Crippen LogP contribution in [0, 0.1) is 0 Å². The molecule has 0 saturated heterocycles. The normalized spacial score (nSPS) is 28.3. The maximum Gasteiger partial charge on any atom is 0.128 e. The lowest BCUT2D eigenvalue weighted by Gasteiger charge is -2.21. The highest BCUT2D eigenvalue weighted by Crippen LogP contribution is 1.83. The fraction of sp³-hybridized carbons (Fsp3) is 1.00. The van der Waals surface area contributed by atoms with Gasteiger partial charge in [-0.05, 0) is 0 Å². The number of quaternary nitrogens is 2. The monoisotopic (exact) mass is 110 g/mol. The Hall–Kier alpha value is -0.0800. The zero-order chi connectivity index (χ0) is 10.9. The predicted octanol–water partition coefficient (Wildman–Crippen LogP) is -1.07. The van der Waals surface area contributed by atoms with Gasteiger partial charge in [-0.3, -0.25) is 0 Å². The van der Waals surface area contributed by atoms with Gasteiger partial charge in [0.05, 0.1) is 29.2 Å². The third-order valence-electron chi connectivity index (χ3n) is 0.605. The third kappa shape index (κ3) is 5.92. The average molecular weight is 110 g/mol. The highest BCUT2D eigenvalue weighted by atomic mass is 15.3. The molecule has 0 aliphatic carbocycles. The Morgan fingerprint density at radius 2 is 2.29 bits per heavy atom. The molecule has 3 N–H and O–H groups in total. The van der Waals surface area contributed by atoms with E-state index >= 15 is 0 Å². The Bertz CT molecular complexity index is 157. The Morgan fingerprint density at radius 1 is 1.71 bits per heavy atom. The molecule has 0 amide bonds. The molecular weight excluding hydrogens is 88.1 g/mol. The molecule has 0 spiro atoms. The first kappa shape index (κ1) is 1.71. The van der Waals surface area contributed by atoms with Gasteiger partial charge in [-0.2, -0.15) is 0 Å². The van der Waals surface area contributed by atoms with Crippen LogP contribution in [0.15, 0.2) is 0 Å². The molecular formula is C5H16N2+2. The lowest BCUT2D eigenvalue weighted by Crippen LogP contribution is -2.57. The third-order valence-corrected chi connectivity index (χ3v) is 0.605. The van der Waals surface area contributed by atoms with Crippen molar-refractivity contribution in [3.8, 4) is 0 Å². The summed E-state index contributed by atoms with van der Waals surface area (Å²) in [6, 6.07) is 0. The van der Waals surface area contributed by atoms with E-state index in [0.29, 0.717) is 0 Å². The van der Waals surface area contributed by atoms with Crippen molar-refractivity contribution in [2.75, 3.05) is 34.1 Å². The standard InChI is InChI=1S/C5H15N2/c1-7(2,3)5-4-6/h4-6H2,1-3H3/q+1/p+1/i1D3,2D3. The van der Waals surface area contributed by atoms with Gasteiger partial charge in [-0.25, -0.2) is 0 Å². The van der Waals surface area contributed by atoms with Crippen LogP contribution < -0.4 is 5.73 Å². The van der Waals surface area contributed by atoms with Gasteiger partial charge in [-0.15, -0.1) is 0 Å². The first-order chi connectivity index (χ1) is 5.56. The summed E-state index contributed by atoms with van der Waals surface area (Å²) in [5.74, 6) is 0. The second kappa shape index (κ2) is 2.28. The summed E-state index contributed by atoms with van der Waals surface area (Å²) in [6.45, 7) is -4.74. The minimum absolute atomic E-state index is 0.0208. The molecule has 0 aromatic carbocycles. The topological polar surface area (TPSA) is 27.6 Å². The molecule has 0 unspecified atom stereocenters. The van der Waals surface area contributed by atoms with Crippen LogP contribution in [0.5, 0.6) is 0 Å². The Balaban J connectivity index is 4.96. The fourth-order valence-electron chi connectivity index (χ4n) is 0.316. The van der Waals surface area contributed by atoms with Crippen LogP contribution >= 0.6 is 0 Å². The summed E-state index contributed by atoms with van der Waals surface area (Å²) in [4.78, 5) is 0. The summed E-state index contributed by atoms with van der Waals surface area (Å²) >= 11 is 0. The van der Waals surface area contributed by atoms with Crippen LogP contribution in [0.4, 0.5) is 0 Å². The second-order valence-corrected chi connectivity index (χ2v) is 1.77. The van der Waals surface area contributed by atoms with Gasteiger partial charge < -0.3 is 10.2 Å². The van der Waals surface area contributed by atoms with Crippen LogP contribution in [-0.4, -0.2) is 38.6 Å². The molecule has 0 rings (SSSR count). The molecule has 0 atom stereocenters. The average Bonchev–Trinajstić information content (AvgIpc) is 1.82. The minimum atomic E-state index is -2.52. The Labute approximate surface area is 53.9 Å². The first-order valence-electron chi connectivity index (χ1n) is 5.21. The summed E-state index contributed by atoms with van der Waals surface area (Å²) in [5, 5.41) is 0. The highest BCUT2D eigenvalue weighted by Gasteiger charge is 2.03. The molecule has 0 bridgehead atoms. The number of rotatable bonds is 2. The van der Waals surface area contributed by atoms with Gasteiger partial charge >= 0.3 is 0 Å². The van der Waals surface area contributed by atoms with Crippen LogP contribution in [0.25, 0.3) is 0 Å². The predicted molar refractivity (Wildman–Crippen MR) is 30.7 cm³/mol. The molecule has 0 saturated carbocycles. The molecule has 0 aliphatic rings. The largest absolute Gasteiger partial charge is 0.353 e. The van der Waals surface area contributed by atoms with Crippen molar-refractivity contribution in [1.29, 1.82) is 0 Å². The van der Waals surface area contributed by atoms with E-state index in [1.807, 2.05) is 0 Å². The summed E-state index contributed by atoms with van der Waals surface area (Å²) in [7, 11) is 1.21. The number of likely N-dealkylation sites (N-methyl/N-ethyl adjacent to an activating group) is 1. The van der Waals surface area contributed by atoms with Gasteiger partial charge in [-0.1, -0.05) is 0 Å². The van der Waals surface area contributed by atoms with Crippen LogP contribution in [0.2, 0.25) is 0 Å². The number of nitrogens with zero attached hydrogens (tertiary/aromatic N) is 1. The molecule has 0 aromatic rings. The smallest absolute Gasteiger partial charge is 0.128 e. The van der Waals surface area contributed by atoms with Crippen molar-refractivity contribution >= 4 is 0 Å². The molecule has 0 heterocycles.